The van der Waals surface area contributed by atoms with Crippen LogP contribution in [0.1, 0.15) is 35.1 Å². The van der Waals surface area contributed by atoms with Gasteiger partial charge < -0.3 is 9.47 Å². The number of hydrogen-bond donors (Lipinski definition) is 0. The lowest BCUT2D eigenvalue weighted by molar-refractivity contribution is -0.134. The second kappa shape index (κ2) is 5.30. The van der Waals surface area contributed by atoms with Crippen LogP contribution < -0.4 is 9.47 Å². The molecule has 0 spiro atoms. The lowest BCUT2D eigenvalue weighted by Crippen LogP contribution is -2.14. The van der Waals surface area contributed by atoms with Crippen molar-refractivity contribution >= 4 is 11.9 Å². The zero-order valence-electron chi connectivity index (χ0n) is 12.7. The summed E-state index contributed by atoms with van der Waals surface area (Å²) in [6.45, 7) is 5.23. The summed E-state index contributed by atoms with van der Waals surface area (Å²) in [4.78, 5) is 23.6. The Hall–Kier alpha value is -2.62. The van der Waals surface area contributed by atoms with Crippen LogP contribution in [-0.4, -0.2) is 11.9 Å². The first-order chi connectivity index (χ1) is 10.5. The Kier molecular flexibility index (Phi) is 3.45. The number of benzene rings is 2. The van der Waals surface area contributed by atoms with Crippen LogP contribution in [-0.2, 0) is 9.59 Å². The van der Waals surface area contributed by atoms with Crippen molar-refractivity contribution in [3.05, 3.63) is 58.7 Å². The third-order valence-electron chi connectivity index (χ3n) is 3.65. The first-order valence-electron chi connectivity index (χ1n) is 7.07. The van der Waals surface area contributed by atoms with Crippen molar-refractivity contribution in [1.29, 1.82) is 0 Å². The minimum atomic E-state index is -0.566. The molecule has 0 saturated carbocycles. The van der Waals surface area contributed by atoms with Gasteiger partial charge >= 0.3 is 11.9 Å². The van der Waals surface area contributed by atoms with Crippen LogP contribution in [0.2, 0.25) is 0 Å². The highest BCUT2D eigenvalue weighted by Crippen LogP contribution is 2.42. The monoisotopic (exact) mass is 296 g/mol. The third kappa shape index (κ3) is 2.48. The number of esters is 2. The Morgan fingerprint density at radius 2 is 1.68 bits per heavy atom. The molecule has 4 heteroatoms. The van der Waals surface area contributed by atoms with Crippen molar-refractivity contribution < 1.29 is 19.1 Å². The summed E-state index contributed by atoms with van der Waals surface area (Å²) in [5.41, 5.74) is 3.50. The van der Waals surface area contributed by atoms with Gasteiger partial charge in [-0.15, -0.1) is 0 Å². The molecule has 0 saturated heterocycles. The van der Waals surface area contributed by atoms with Gasteiger partial charge in [-0.2, -0.15) is 0 Å². The fraction of sp³-hybridized carbons (Fsp3) is 0.222. The molecule has 0 amide bonds. The highest BCUT2D eigenvalue weighted by molar-refractivity contribution is 5.90. The summed E-state index contributed by atoms with van der Waals surface area (Å²) in [6, 6.07) is 11.1. The Labute approximate surface area is 128 Å². The first kappa shape index (κ1) is 14.3. The Balaban J connectivity index is 2.15. The van der Waals surface area contributed by atoms with Gasteiger partial charge in [-0.3, -0.25) is 9.59 Å². The third-order valence-corrected chi connectivity index (χ3v) is 3.65. The number of aryl methyl sites for hydroxylation is 2. The van der Waals surface area contributed by atoms with Crippen LogP contribution in [0.5, 0.6) is 11.5 Å². The number of carbonyl (C=O) groups excluding carboxylic acids is 2. The van der Waals surface area contributed by atoms with E-state index >= 15 is 0 Å². The van der Waals surface area contributed by atoms with E-state index in [0.717, 1.165) is 16.7 Å². The van der Waals surface area contributed by atoms with E-state index in [4.69, 9.17) is 9.47 Å². The maximum atomic E-state index is 12.3. The Morgan fingerprint density at radius 3 is 2.36 bits per heavy atom. The van der Waals surface area contributed by atoms with E-state index in [9.17, 15) is 9.59 Å². The van der Waals surface area contributed by atoms with Gasteiger partial charge in [0.2, 0.25) is 0 Å². The van der Waals surface area contributed by atoms with E-state index in [0.29, 0.717) is 17.1 Å². The first-order valence-corrected chi connectivity index (χ1v) is 7.07. The van der Waals surface area contributed by atoms with Gasteiger partial charge in [0, 0.05) is 18.1 Å². The van der Waals surface area contributed by atoms with Gasteiger partial charge in [0.1, 0.15) is 17.4 Å². The predicted molar refractivity (Wildman–Crippen MR) is 81.1 cm³/mol. The average molecular weight is 296 g/mol. The normalized spacial score (nSPS) is 16.1. The van der Waals surface area contributed by atoms with E-state index in [1.165, 1.54) is 6.92 Å². The highest BCUT2D eigenvalue weighted by Gasteiger charge is 2.36. The molecular weight excluding hydrogens is 280 g/mol. The lowest BCUT2D eigenvalue weighted by Gasteiger charge is -2.14. The van der Waals surface area contributed by atoms with Crippen molar-refractivity contribution in [1.82, 2.24) is 0 Å². The van der Waals surface area contributed by atoms with E-state index in [2.05, 4.69) is 0 Å². The second-order valence-electron chi connectivity index (χ2n) is 5.53. The minimum absolute atomic E-state index is 0.348. The molecule has 0 aromatic heterocycles. The number of ether oxygens (including phenoxy) is 2. The molecule has 2 aromatic carbocycles. The van der Waals surface area contributed by atoms with Crippen LogP contribution in [0.25, 0.3) is 0 Å². The van der Waals surface area contributed by atoms with Crippen molar-refractivity contribution in [3.8, 4) is 11.5 Å². The predicted octanol–water partition coefficient (Wildman–Crippen LogP) is 3.28. The van der Waals surface area contributed by atoms with Gasteiger partial charge in [0.15, 0.2) is 0 Å². The molecule has 1 aliphatic heterocycles. The zero-order chi connectivity index (χ0) is 15.9. The molecule has 0 fully saturated rings. The van der Waals surface area contributed by atoms with Gasteiger partial charge in [-0.1, -0.05) is 35.4 Å². The van der Waals surface area contributed by atoms with Crippen LogP contribution >= 0.6 is 0 Å². The fourth-order valence-corrected chi connectivity index (χ4v) is 2.72. The lowest BCUT2D eigenvalue weighted by atomic mass is 9.90. The SMILES string of the molecule is CC(=O)Oc1ccc(C)cc1C1C(=O)Oc2ccc(C)cc21. The summed E-state index contributed by atoms with van der Waals surface area (Å²) in [6.07, 6.45) is 0. The van der Waals surface area contributed by atoms with Gasteiger partial charge in [0.25, 0.3) is 0 Å². The molecule has 0 N–H and O–H groups in total. The molecule has 0 radical (unpaired) electrons. The molecule has 0 bridgehead atoms. The van der Waals surface area contributed by atoms with Crippen molar-refractivity contribution in [2.45, 2.75) is 26.7 Å². The molecule has 4 nitrogen and oxygen atoms in total. The maximum absolute atomic E-state index is 12.3. The minimum Gasteiger partial charge on any atom is -0.426 e. The van der Waals surface area contributed by atoms with Crippen LogP contribution in [0.4, 0.5) is 0 Å². The molecule has 1 heterocycles. The van der Waals surface area contributed by atoms with Gasteiger partial charge in [-0.05, 0) is 26.0 Å². The molecule has 2 aromatic rings. The van der Waals surface area contributed by atoms with E-state index < -0.39 is 11.9 Å². The molecule has 112 valence electrons. The average Bonchev–Trinajstić information content (AvgIpc) is 2.75. The van der Waals surface area contributed by atoms with E-state index in [-0.39, 0.29) is 5.97 Å². The summed E-state index contributed by atoms with van der Waals surface area (Å²) < 4.78 is 10.6. The zero-order valence-corrected chi connectivity index (χ0v) is 12.7. The van der Waals surface area contributed by atoms with Crippen molar-refractivity contribution in [2.75, 3.05) is 0 Å². The summed E-state index contributed by atoms with van der Waals surface area (Å²) in [7, 11) is 0. The second-order valence-corrected chi connectivity index (χ2v) is 5.53. The number of carbonyl (C=O) groups is 2. The maximum Gasteiger partial charge on any atom is 0.323 e. The van der Waals surface area contributed by atoms with Crippen LogP contribution in [0.15, 0.2) is 36.4 Å². The smallest absolute Gasteiger partial charge is 0.323 e. The standard InChI is InChI=1S/C18H16O4/c1-10-4-6-15(21-12(3)19)13(8-10)17-14-9-11(2)5-7-16(14)22-18(17)20/h4-9,17H,1-3H3. The van der Waals surface area contributed by atoms with Gasteiger partial charge in [-0.25, -0.2) is 0 Å². The van der Waals surface area contributed by atoms with Crippen LogP contribution in [0, 0.1) is 13.8 Å². The molecule has 1 atom stereocenters. The summed E-state index contributed by atoms with van der Waals surface area (Å²) in [5.74, 6) is -0.366. The largest absolute Gasteiger partial charge is 0.426 e. The van der Waals surface area contributed by atoms with Crippen molar-refractivity contribution in [3.63, 3.8) is 0 Å². The fourth-order valence-electron chi connectivity index (χ4n) is 2.72. The summed E-state index contributed by atoms with van der Waals surface area (Å²) in [5, 5.41) is 0. The number of rotatable bonds is 2. The highest BCUT2D eigenvalue weighted by atomic mass is 16.5. The molecule has 22 heavy (non-hydrogen) atoms. The van der Waals surface area contributed by atoms with E-state index in [1.54, 1.807) is 12.1 Å². The Morgan fingerprint density at radius 1 is 1.05 bits per heavy atom. The van der Waals surface area contributed by atoms with E-state index in [1.807, 2.05) is 38.1 Å². The molecule has 3 rings (SSSR count). The number of hydrogen-bond acceptors (Lipinski definition) is 4. The summed E-state index contributed by atoms with van der Waals surface area (Å²) >= 11 is 0. The van der Waals surface area contributed by atoms with Gasteiger partial charge in [0.05, 0.1) is 0 Å². The number of fused-ring (bicyclic) bond motifs is 1. The van der Waals surface area contributed by atoms with Crippen LogP contribution in [0.3, 0.4) is 0 Å². The topological polar surface area (TPSA) is 52.6 Å². The molecule has 1 unspecified atom stereocenters. The van der Waals surface area contributed by atoms with Crippen molar-refractivity contribution in [2.24, 2.45) is 0 Å². The molecular formula is C18H16O4. The molecule has 0 aliphatic carbocycles. The Bertz CT molecular complexity index is 777. The molecule has 1 aliphatic rings. The quantitative estimate of drug-likeness (QED) is 0.630.